The third-order valence-electron chi connectivity index (χ3n) is 3.98. The summed E-state index contributed by atoms with van der Waals surface area (Å²) in [6.07, 6.45) is 0.682. The van der Waals surface area contributed by atoms with E-state index in [-0.39, 0.29) is 5.56 Å². The average Bonchev–Trinajstić information content (AvgIpc) is 2.57. The first-order valence-electron chi connectivity index (χ1n) is 8.17. The molecule has 1 heterocycles. The summed E-state index contributed by atoms with van der Waals surface area (Å²) in [6.45, 7) is 4.51. The van der Waals surface area contributed by atoms with Gasteiger partial charge in [0.25, 0.3) is 5.56 Å². The number of benzene rings is 2. The Bertz CT molecular complexity index is 992. The minimum Gasteiger partial charge on any atom is -0.268 e. The summed E-state index contributed by atoms with van der Waals surface area (Å²) in [5, 5.41) is 13.5. The molecule has 1 aromatic heterocycles. The van der Waals surface area contributed by atoms with Crippen molar-refractivity contribution in [2.24, 2.45) is 0 Å². The summed E-state index contributed by atoms with van der Waals surface area (Å²) in [4.78, 5) is 12.1. The minimum atomic E-state index is -0.147. The Hall–Kier alpha value is -3.19. The van der Waals surface area contributed by atoms with E-state index < -0.39 is 0 Å². The first-order chi connectivity index (χ1) is 12.0. The molecular weight excluding hydrogens is 310 g/mol. The van der Waals surface area contributed by atoms with Crippen molar-refractivity contribution >= 4 is 0 Å². The molecule has 0 saturated carbocycles. The van der Waals surface area contributed by atoms with Crippen molar-refractivity contribution in [1.82, 2.24) is 9.78 Å². The lowest BCUT2D eigenvalue weighted by Gasteiger charge is -2.09. The Kier molecular flexibility index (Phi) is 4.76. The zero-order valence-electron chi connectivity index (χ0n) is 14.4. The lowest BCUT2D eigenvalue weighted by atomic mass is 10.0. The smallest absolute Gasteiger partial charge is 0.267 e. The quantitative estimate of drug-likeness (QED) is 0.737. The van der Waals surface area contributed by atoms with Gasteiger partial charge in [-0.2, -0.15) is 10.4 Å². The lowest BCUT2D eigenvalue weighted by molar-refractivity contribution is 0.623. The van der Waals surface area contributed by atoms with Crippen LogP contribution in [0.25, 0.3) is 0 Å². The van der Waals surface area contributed by atoms with Gasteiger partial charge in [-0.25, -0.2) is 4.68 Å². The van der Waals surface area contributed by atoms with E-state index in [4.69, 9.17) is 5.26 Å². The fourth-order valence-electron chi connectivity index (χ4n) is 2.99. The maximum Gasteiger partial charge on any atom is 0.267 e. The van der Waals surface area contributed by atoms with Crippen molar-refractivity contribution in [2.75, 3.05) is 0 Å². The highest BCUT2D eigenvalue weighted by molar-refractivity contribution is 5.33. The van der Waals surface area contributed by atoms with Crippen LogP contribution < -0.4 is 5.56 Å². The number of nitrogens with zero attached hydrogens (tertiary/aromatic N) is 3. The largest absolute Gasteiger partial charge is 0.268 e. The van der Waals surface area contributed by atoms with Crippen LogP contribution in [0, 0.1) is 25.2 Å². The minimum absolute atomic E-state index is 0.147. The molecule has 0 saturated heterocycles. The van der Waals surface area contributed by atoms with E-state index in [1.165, 1.54) is 21.4 Å². The molecular formula is C21H19N3O. The molecule has 3 aromatic rings. The second-order valence-electron chi connectivity index (χ2n) is 6.31. The second kappa shape index (κ2) is 7.14. The predicted molar refractivity (Wildman–Crippen MR) is 97.5 cm³/mol. The summed E-state index contributed by atoms with van der Waals surface area (Å²) < 4.78 is 1.45. The number of nitriles is 1. The molecule has 0 aliphatic carbocycles. The molecule has 0 unspecified atom stereocenters. The highest BCUT2D eigenvalue weighted by Crippen LogP contribution is 2.12. The van der Waals surface area contributed by atoms with Crippen LogP contribution in [-0.4, -0.2) is 9.78 Å². The first kappa shape index (κ1) is 16.7. The van der Waals surface area contributed by atoms with Gasteiger partial charge in [-0.05, 0) is 43.2 Å². The van der Waals surface area contributed by atoms with Crippen molar-refractivity contribution in [3.63, 3.8) is 0 Å². The van der Waals surface area contributed by atoms with Gasteiger partial charge < -0.3 is 0 Å². The molecule has 3 rings (SSSR count). The molecule has 4 nitrogen and oxygen atoms in total. The van der Waals surface area contributed by atoms with Crippen molar-refractivity contribution in [3.8, 4) is 6.07 Å². The van der Waals surface area contributed by atoms with Gasteiger partial charge in [-0.1, -0.05) is 41.5 Å². The van der Waals surface area contributed by atoms with Crippen LogP contribution >= 0.6 is 0 Å². The second-order valence-corrected chi connectivity index (χ2v) is 6.31. The van der Waals surface area contributed by atoms with Gasteiger partial charge in [0.15, 0.2) is 0 Å². The van der Waals surface area contributed by atoms with Gasteiger partial charge in [-0.3, -0.25) is 4.79 Å². The fraction of sp³-hybridized carbons (Fsp3) is 0.190. The zero-order valence-corrected chi connectivity index (χ0v) is 14.4. The molecule has 2 aromatic carbocycles. The van der Waals surface area contributed by atoms with Gasteiger partial charge in [0, 0.05) is 12.5 Å². The van der Waals surface area contributed by atoms with Crippen LogP contribution in [0.15, 0.2) is 59.4 Å². The molecule has 4 heteroatoms. The van der Waals surface area contributed by atoms with Crippen LogP contribution in [0.2, 0.25) is 0 Å². The Labute approximate surface area is 147 Å². The van der Waals surface area contributed by atoms with E-state index in [9.17, 15) is 4.79 Å². The summed E-state index contributed by atoms with van der Waals surface area (Å²) in [7, 11) is 0. The van der Waals surface area contributed by atoms with E-state index in [2.05, 4.69) is 43.2 Å². The molecule has 0 atom stereocenters. The van der Waals surface area contributed by atoms with Crippen LogP contribution in [0.5, 0.6) is 0 Å². The number of aromatic nitrogens is 2. The van der Waals surface area contributed by atoms with Crippen molar-refractivity contribution in [3.05, 3.63) is 98.5 Å². The highest BCUT2D eigenvalue weighted by Gasteiger charge is 2.05. The summed E-state index contributed by atoms with van der Waals surface area (Å²) in [5.74, 6) is 0. The topological polar surface area (TPSA) is 58.7 Å². The highest BCUT2D eigenvalue weighted by atomic mass is 16.1. The van der Waals surface area contributed by atoms with Crippen molar-refractivity contribution in [1.29, 1.82) is 5.26 Å². The molecule has 124 valence electrons. The van der Waals surface area contributed by atoms with Crippen LogP contribution in [0.3, 0.4) is 0 Å². The maximum absolute atomic E-state index is 12.1. The number of hydrogen-bond donors (Lipinski definition) is 0. The van der Waals surface area contributed by atoms with Crippen molar-refractivity contribution < 1.29 is 0 Å². The Balaban J connectivity index is 1.87. The van der Waals surface area contributed by atoms with E-state index in [0.29, 0.717) is 18.5 Å². The molecule has 0 radical (unpaired) electrons. The third kappa shape index (κ3) is 4.21. The number of aryl methyl sites for hydroxylation is 2. The molecule has 0 aliphatic heterocycles. The fourth-order valence-corrected chi connectivity index (χ4v) is 2.99. The molecule has 0 aliphatic rings. The molecule has 0 N–H and O–H groups in total. The standard InChI is InChI=1S/C21H19N3O/c1-15-8-16(2)10-19(9-15)12-20-6-7-21(25)24(23-20)14-18-5-3-4-17(11-18)13-22/h3-11H,12,14H2,1-2H3. The van der Waals surface area contributed by atoms with Gasteiger partial charge in [-0.15, -0.1) is 0 Å². The first-order valence-corrected chi connectivity index (χ1v) is 8.17. The molecule has 0 bridgehead atoms. The van der Waals surface area contributed by atoms with Gasteiger partial charge in [0.1, 0.15) is 0 Å². The predicted octanol–water partition coefficient (Wildman–Crippen LogP) is 3.37. The molecule has 0 amide bonds. The van der Waals surface area contributed by atoms with E-state index in [1.54, 1.807) is 24.3 Å². The Morgan fingerprint density at radius 1 is 1.00 bits per heavy atom. The number of hydrogen-bond acceptors (Lipinski definition) is 3. The average molecular weight is 329 g/mol. The van der Waals surface area contributed by atoms with Gasteiger partial charge in [0.05, 0.1) is 23.9 Å². The summed E-state index contributed by atoms with van der Waals surface area (Å²) >= 11 is 0. The van der Waals surface area contributed by atoms with E-state index in [0.717, 1.165) is 11.3 Å². The maximum atomic E-state index is 12.1. The monoisotopic (exact) mass is 329 g/mol. The zero-order chi connectivity index (χ0) is 17.8. The van der Waals surface area contributed by atoms with Crippen LogP contribution in [0.4, 0.5) is 0 Å². The van der Waals surface area contributed by atoms with Gasteiger partial charge in [0.2, 0.25) is 0 Å². The molecule has 0 fully saturated rings. The molecule has 25 heavy (non-hydrogen) atoms. The SMILES string of the molecule is Cc1cc(C)cc(Cc2ccc(=O)n(Cc3cccc(C#N)c3)n2)c1. The van der Waals surface area contributed by atoms with E-state index >= 15 is 0 Å². The summed E-state index contributed by atoms with van der Waals surface area (Å²) in [5.41, 5.74) is 5.79. The summed E-state index contributed by atoms with van der Waals surface area (Å²) in [6, 6.07) is 19.1. The van der Waals surface area contributed by atoms with Crippen LogP contribution in [-0.2, 0) is 13.0 Å². The Morgan fingerprint density at radius 2 is 1.76 bits per heavy atom. The molecule has 0 spiro atoms. The van der Waals surface area contributed by atoms with E-state index in [1.807, 2.05) is 12.1 Å². The van der Waals surface area contributed by atoms with Gasteiger partial charge >= 0.3 is 0 Å². The van der Waals surface area contributed by atoms with Crippen molar-refractivity contribution in [2.45, 2.75) is 26.8 Å². The normalized spacial score (nSPS) is 10.4. The Morgan fingerprint density at radius 3 is 2.48 bits per heavy atom. The number of rotatable bonds is 4. The third-order valence-corrected chi connectivity index (χ3v) is 3.98. The lowest BCUT2D eigenvalue weighted by Crippen LogP contribution is -2.23. The van der Waals surface area contributed by atoms with Crippen LogP contribution in [0.1, 0.15) is 33.5 Å².